The van der Waals surface area contributed by atoms with Crippen LogP contribution in [0.25, 0.3) is 0 Å². The third kappa shape index (κ3) is 4.77. The Morgan fingerprint density at radius 1 is 0.960 bits per heavy atom. The zero-order valence-electron chi connectivity index (χ0n) is 17.4. The van der Waals surface area contributed by atoms with Gasteiger partial charge in [-0.15, -0.1) is 0 Å². The fraction of sp³-hybridized carbons (Fsp3) is 0.789. The quantitative estimate of drug-likeness (QED) is 0.310. The number of halogens is 1. The first-order chi connectivity index (χ1) is 11.5. The van der Waals surface area contributed by atoms with Crippen molar-refractivity contribution < 1.29 is 29.5 Å². The Morgan fingerprint density at radius 3 is 1.60 bits per heavy atom. The van der Waals surface area contributed by atoms with Gasteiger partial charge in [-0.2, -0.15) is 0 Å². The first kappa shape index (κ1) is 23.8. The molecular formula is C19H38FGeO3Zr. The maximum absolute atomic E-state index is 16.3. The molecule has 0 heterocycles. The normalized spacial score (nSPS) is 20.7. The number of rotatable bonds is 11. The van der Waals surface area contributed by atoms with Gasteiger partial charge in [-0.05, 0) is 0 Å². The van der Waals surface area contributed by atoms with E-state index in [-0.39, 0.29) is 18.3 Å². The van der Waals surface area contributed by atoms with Gasteiger partial charge >= 0.3 is 158 Å². The number of allylic oxidation sites excluding steroid dienone is 4. The summed E-state index contributed by atoms with van der Waals surface area (Å²) in [5.41, 5.74) is 0. The van der Waals surface area contributed by atoms with E-state index in [9.17, 15) is 0 Å². The second kappa shape index (κ2) is 9.27. The van der Waals surface area contributed by atoms with Crippen LogP contribution in [0.15, 0.2) is 21.5 Å². The predicted molar refractivity (Wildman–Crippen MR) is 103 cm³/mol. The third-order valence-electron chi connectivity index (χ3n) is 5.32. The molecule has 0 spiro atoms. The van der Waals surface area contributed by atoms with E-state index in [4.69, 9.17) is 8.44 Å². The van der Waals surface area contributed by atoms with E-state index in [0.29, 0.717) is 6.42 Å². The van der Waals surface area contributed by atoms with Gasteiger partial charge < -0.3 is 0 Å². The summed E-state index contributed by atoms with van der Waals surface area (Å²) in [7, 11) is -4.07. The molecule has 0 N–H and O–H groups in total. The van der Waals surface area contributed by atoms with E-state index < -0.39 is 27.5 Å². The Hall–Kier alpha value is 0.716. The molecule has 3 nitrogen and oxygen atoms in total. The second-order valence-corrected chi connectivity index (χ2v) is 48.0. The van der Waals surface area contributed by atoms with Crippen LogP contribution in [0.5, 0.6) is 0 Å². The van der Waals surface area contributed by atoms with Crippen molar-refractivity contribution in [2.45, 2.75) is 97.1 Å². The monoisotopic (exact) mass is 497 g/mol. The Bertz CT molecular complexity index is 467. The molecule has 6 heteroatoms. The molecule has 0 fully saturated rings. The average molecular weight is 497 g/mol. The van der Waals surface area contributed by atoms with Crippen LogP contribution in [-0.2, 0) is 26.0 Å². The molecular weight excluding hydrogens is 459 g/mol. The first-order valence-electron chi connectivity index (χ1n) is 9.80. The molecule has 0 bridgehead atoms. The summed E-state index contributed by atoms with van der Waals surface area (Å²) in [6, 6.07) is 0. The molecule has 3 atom stereocenters. The predicted octanol–water partition coefficient (Wildman–Crippen LogP) is 6.38. The van der Waals surface area contributed by atoms with Crippen molar-refractivity contribution in [2.24, 2.45) is 0 Å². The van der Waals surface area contributed by atoms with Crippen LogP contribution >= 0.6 is 0 Å². The van der Waals surface area contributed by atoms with Crippen molar-refractivity contribution in [1.29, 1.82) is 0 Å². The molecule has 1 rings (SSSR count). The Morgan fingerprint density at radius 2 is 1.36 bits per heavy atom. The van der Waals surface area contributed by atoms with Gasteiger partial charge in [-0.1, -0.05) is 0 Å². The van der Waals surface area contributed by atoms with Gasteiger partial charge in [0.15, 0.2) is 0 Å². The van der Waals surface area contributed by atoms with Gasteiger partial charge in [0.25, 0.3) is 0 Å². The summed E-state index contributed by atoms with van der Waals surface area (Å²) >= 11 is -5.25. The summed E-state index contributed by atoms with van der Waals surface area (Å²) in [4.78, 5) is 0. The topological polar surface area (TPSA) is 27.7 Å². The molecule has 0 saturated carbocycles. The van der Waals surface area contributed by atoms with Crippen LogP contribution < -0.4 is 0 Å². The second-order valence-electron chi connectivity index (χ2n) is 7.79. The van der Waals surface area contributed by atoms with Crippen molar-refractivity contribution >= 4 is 9.94 Å². The summed E-state index contributed by atoms with van der Waals surface area (Å²) in [5.74, 6) is 3.55. The fourth-order valence-corrected chi connectivity index (χ4v) is 47.1. The van der Waals surface area contributed by atoms with Gasteiger partial charge in [0, 0.05) is 0 Å². The SMILES string of the molecule is CCC(C)[O][Zr]([O]C(C)CC)([O]C(C)CC)([C]1=CC=CC1)[Ge]([CH3])([CH3])[F]. The van der Waals surface area contributed by atoms with E-state index in [1.54, 1.807) is 11.5 Å². The summed E-state index contributed by atoms with van der Waals surface area (Å²) in [6.07, 6.45) is 8.97. The Kier molecular flexibility index (Phi) is 8.81. The molecule has 0 aromatic heterocycles. The molecule has 0 amide bonds. The molecule has 3 unspecified atom stereocenters. The van der Waals surface area contributed by atoms with Gasteiger partial charge in [0.2, 0.25) is 0 Å². The minimum atomic E-state index is -5.25. The molecule has 147 valence electrons. The van der Waals surface area contributed by atoms with Crippen LogP contribution in [0.2, 0.25) is 11.5 Å². The third-order valence-corrected chi connectivity index (χ3v) is 53.9. The molecule has 0 radical (unpaired) electrons. The first-order valence-corrected chi connectivity index (χ1v) is 26.5. The number of hydrogen-bond acceptors (Lipinski definition) is 3. The van der Waals surface area contributed by atoms with Crippen molar-refractivity contribution in [3.05, 3.63) is 21.5 Å². The zero-order chi connectivity index (χ0) is 19.3. The molecule has 0 aliphatic heterocycles. The van der Waals surface area contributed by atoms with Gasteiger partial charge in [-0.25, -0.2) is 0 Å². The van der Waals surface area contributed by atoms with E-state index in [2.05, 4.69) is 26.8 Å². The molecule has 0 saturated heterocycles. The van der Waals surface area contributed by atoms with Gasteiger partial charge in [0.05, 0.1) is 0 Å². The summed E-state index contributed by atoms with van der Waals surface area (Å²) in [6.45, 7) is 12.3. The maximum atomic E-state index is 16.3. The zero-order valence-corrected chi connectivity index (χ0v) is 22.0. The van der Waals surface area contributed by atoms with Crippen molar-refractivity contribution in [1.82, 2.24) is 0 Å². The average Bonchev–Trinajstić information content (AvgIpc) is 3.08. The molecule has 0 aromatic rings. The molecule has 0 aromatic carbocycles. The van der Waals surface area contributed by atoms with E-state index in [0.717, 1.165) is 22.5 Å². The van der Waals surface area contributed by atoms with E-state index in [1.807, 2.05) is 32.9 Å². The van der Waals surface area contributed by atoms with E-state index >= 15 is 3.50 Å². The van der Waals surface area contributed by atoms with Crippen LogP contribution in [0.4, 0.5) is 3.50 Å². The standard InChI is InChI=1S/C5H5.3C4H9O.C2H6FGe.Zr/c1-2-4-5-3-1;3*1-3-4(2)5;1-4(2)3;/h1-3H,4H2;3*4H,3H2,1-2H3;1-2H3;/q;3*-1;;+3. The van der Waals surface area contributed by atoms with Crippen molar-refractivity contribution in [2.75, 3.05) is 0 Å². The summed E-state index contributed by atoms with van der Waals surface area (Å²) < 4.78 is 37.5. The molecule has 25 heavy (non-hydrogen) atoms. The van der Waals surface area contributed by atoms with Crippen molar-refractivity contribution in [3.63, 3.8) is 0 Å². The van der Waals surface area contributed by atoms with Gasteiger partial charge in [-0.3, -0.25) is 0 Å². The van der Waals surface area contributed by atoms with Crippen LogP contribution in [-0.4, -0.2) is 28.3 Å². The van der Waals surface area contributed by atoms with E-state index in [1.165, 1.54) is 0 Å². The summed E-state index contributed by atoms with van der Waals surface area (Å²) in [5, 5.41) is 0. The fourth-order valence-electron chi connectivity index (χ4n) is 3.23. The minimum absolute atomic E-state index is 0.0825. The Labute approximate surface area is 157 Å². The molecule has 1 aliphatic rings. The van der Waals surface area contributed by atoms with Crippen LogP contribution in [0, 0.1) is 0 Å². The van der Waals surface area contributed by atoms with Gasteiger partial charge in [0.1, 0.15) is 0 Å². The number of hydrogen-bond donors (Lipinski definition) is 0. The van der Waals surface area contributed by atoms with Crippen LogP contribution in [0.1, 0.15) is 67.2 Å². The Balaban J connectivity index is 3.69. The molecule has 1 aliphatic carbocycles. The van der Waals surface area contributed by atoms with Crippen LogP contribution in [0.3, 0.4) is 0 Å². The van der Waals surface area contributed by atoms with Crippen molar-refractivity contribution in [3.8, 4) is 0 Å².